The average molecular weight is 244 g/mol. The van der Waals surface area contributed by atoms with E-state index in [0.29, 0.717) is 12.0 Å². The van der Waals surface area contributed by atoms with Crippen LogP contribution in [0.3, 0.4) is 0 Å². The summed E-state index contributed by atoms with van der Waals surface area (Å²) in [6, 6.07) is 9.41. The summed E-state index contributed by atoms with van der Waals surface area (Å²) < 4.78 is 0. The molecule has 2 fully saturated rings. The number of likely N-dealkylation sites (tertiary alicyclic amines) is 1. The minimum Gasteiger partial charge on any atom is -0.327 e. The third-order valence-corrected chi connectivity index (χ3v) is 4.52. The Morgan fingerprint density at radius 1 is 1.22 bits per heavy atom. The van der Waals surface area contributed by atoms with Crippen molar-refractivity contribution in [1.29, 1.82) is 0 Å². The average Bonchev–Trinajstić information content (AvgIpc) is 3.19. The van der Waals surface area contributed by atoms with Gasteiger partial charge in [-0.25, -0.2) is 0 Å². The molecular formula is C16H24N2. The third kappa shape index (κ3) is 2.60. The maximum atomic E-state index is 6.10. The molecule has 2 nitrogen and oxygen atoms in total. The molecule has 1 aromatic rings. The summed E-state index contributed by atoms with van der Waals surface area (Å²) in [5.41, 5.74) is 9.24. The molecule has 98 valence electrons. The van der Waals surface area contributed by atoms with Crippen LogP contribution < -0.4 is 5.73 Å². The first-order valence-corrected chi connectivity index (χ1v) is 7.30. The van der Waals surface area contributed by atoms with Crippen molar-refractivity contribution in [2.24, 2.45) is 11.7 Å². The number of hydrogen-bond donors (Lipinski definition) is 1. The van der Waals surface area contributed by atoms with Gasteiger partial charge in [-0.1, -0.05) is 31.2 Å². The van der Waals surface area contributed by atoms with Crippen molar-refractivity contribution in [3.63, 3.8) is 0 Å². The molecule has 18 heavy (non-hydrogen) atoms. The van der Waals surface area contributed by atoms with E-state index in [4.69, 9.17) is 5.73 Å². The fourth-order valence-electron chi connectivity index (χ4n) is 3.11. The number of rotatable bonds is 3. The van der Waals surface area contributed by atoms with Crippen LogP contribution in [-0.4, -0.2) is 24.0 Å². The summed E-state index contributed by atoms with van der Waals surface area (Å²) in [7, 11) is 0. The Hall–Kier alpha value is -0.860. The van der Waals surface area contributed by atoms with Crippen molar-refractivity contribution in [2.75, 3.05) is 13.1 Å². The van der Waals surface area contributed by atoms with Crippen LogP contribution in [0.4, 0.5) is 0 Å². The van der Waals surface area contributed by atoms with Gasteiger partial charge in [0.05, 0.1) is 0 Å². The zero-order chi connectivity index (χ0) is 12.5. The minimum atomic E-state index is 0.403. The fraction of sp³-hybridized carbons (Fsp3) is 0.625. The van der Waals surface area contributed by atoms with Gasteiger partial charge in [-0.2, -0.15) is 0 Å². The molecule has 0 radical (unpaired) electrons. The van der Waals surface area contributed by atoms with Gasteiger partial charge in [0.2, 0.25) is 0 Å². The van der Waals surface area contributed by atoms with E-state index in [1.165, 1.54) is 12.8 Å². The van der Waals surface area contributed by atoms with Gasteiger partial charge in [0.1, 0.15) is 0 Å². The lowest BCUT2D eigenvalue weighted by Crippen LogP contribution is -2.45. The molecule has 0 spiro atoms. The molecule has 1 saturated heterocycles. The smallest absolute Gasteiger partial charge is 0.0236 e. The summed E-state index contributed by atoms with van der Waals surface area (Å²) in [6.45, 7) is 5.71. The van der Waals surface area contributed by atoms with Crippen molar-refractivity contribution in [3.8, 4) is 0 Å². The first-order chi connectivity index (χ1) is 8.74. The second-order valence-electron chi connectivity index (χ2n) is 6.14. The van der Waals surface area contributed by atoms with E-state index in [1.54, 1.807) is 11.1 Å². The van der Waals surface area contributed by atoms with Crippen molar-refractivity contribution in [1.82, 2.24) is 4.90 Å². The third-order valence-electron chi connectivity index (χ3n) is 4.52. The Balaban J connectivity index is 1.69. The number of nitrogens with two attached hydrogens (primary N) is 1. The highest BCUT2D eigenvalue weighted by atomic mass is 15.1. The van der Waals surface area contributed by atoms with Gasteiger partial charge in [0.25, 0.3) is 0 Å². The predicted molar refractivity (Wildman–Crippen MR) is 75.5 cm³/mol. The molecule has 2 aliphatic rings. The lowest BCUT2D eigenvalue weighted by atomic mass is 9.94. The highest BCUT2D eigenvalue weighted by Crippen LogP contribution is 2.41. The monoisotopic (exact) mass is 244 g/mol. The van der Waals surface area contributed by atoms with Crippen molar-refractivity contribution >= 4 is 0 Å². The quantitative estimate of drug-likeness (QED) is 0.886. The summed E-state index contributed by atoms with van der Waals surface area (Å²) in [4.78, 5) is 2.58. The first-order valence-electron chi connectivity index (χ1n) is 7.30. The van der Waals surface area contributed by atoms with Gasteiger partial charge < -0.3 is 5.73 Å². The molecule has 1 aliphatic carbocycles. The van der Waals surface area contributed by atoms with Crippen LogP contribution in [0, 0.1) is 5.92 Å². The molecule has 2 N–H and O–H groups in total. The molecule has 1 aromatic carbocycles. The summed E-state index contributed by atoms with van der Waals surface area (Å²) in [5, 5.41) is 0. The molecule has 0 bridgehead atoms. The number of benzene rings is 1. The van der Waals surface area contributed by atoms with Crippen LogP contribution in [-0.2, 0) is 6.54 Å². The van der Waals surface area contributed by atoms with Crippen LogP contribution in [0.25, 0.3) is 0 Å². The molecule has 0 aromatic heterocycles. The van der Waals surface area contributed by atoms with Crippen molar-refractivity contribution in [2.45, 2.75) is 44.7 Å². The molecular weight excluding hydrogens is 220 g/mol. The van der Waals surface area contributed by atoms with Gasteiger partial charge >= 0.3 is 0 Å². The van der Waals surface area contributed by atoms with Gasteiger partial charge in [0.15, 0.2) is 0 Å². The van der Waals surface area contributed by atoms with Gasteiger partial charge in [-0.05, 0) is 48.8 Å². The Morgan fingerprint density at radius 2 is 2.00 bits per heavy atom. The Bertz CT molecular complexity index is 411. The second-order valence-corrected chi connectivity index (χ2v) is 6.14. The van der Waals surface area contributed by atoms with Crippen molar-refractivity contribution in [3.05, 3.63) is 35.4 Å². The van der Waals surface area contributed by atoms with E-state index in [1.807, 2.05) is 0 Å². The van der Waals surface area contributed by atoms with E-state index < -0.39 is 0 Å². The number of nitrogens with zero attached hydrogens (tertiary/aromatic N) is 1. The van der Waals surface area contributed by atoms with Crippen LogP contribution >= 0.6 is 0 Å². The molecule has 1 aliphatic heterocycles. The van der Waals surface area contributed by atoms with Crippen LogP contribution in [0.1, 0.15) is 43.2 Å². The maximum absolute atomic E-state index is 6.10. The lowest BCUT2D eigenvalue weighted by molar-refractivity contribution is 0.157. The van der Waals surface area contributed by atoms with Crippen molar-refractivity contribution < 1.29 is 0 Å². The van der Waals surface area contributed by atoms with E-state index in [-0.39, 0.29) is 0 Å². The summed E-state index contributed by atoms with van der Waals surface area (Å²) in [5.74, 6) is 1.48. The summed E-state index contributed by atoms with van der Waals surface area (Å²) >= 11 is 0. The number of piperidine rings is 1. The van der Waals surface area contributed by atoms with Gasteiger partial charge in [0, 0.05) is 19.1 Å². The summed E-state index contributed by atoms with van der Waals surface area (Å²) in [6.07, 6.45) is 3.92. The first kappa shape index (κ1) is 12.2. The molecule has 2 heteroatoms. The Labute approximate surface area is 110 Å². The molecule has 2 atom stereocenters. The SMILES string of the molecule is CC1CN(Cc2ccccc2C2CC2)CCC1N. The van der Waals surface area contributed by atoms with E-state index >= 15 is 0 Å². The van der Waals surface area contributed by atoms with E-state index in [2.05, 4.69) is 36.1 Å². The Kier molecular flexibility index (Phi) is 3.40. The lowest BCUT2D eigenvalue weighted by Gasteiger charge is -2.35. The van der Waals surface area contributed by atoms with Gasteiger partial charge in [-0.15, -0.1) is 0 Å². The van der Waals surface area contributed by atoms with Crippen LogP contribution in [0.15, 0.2) is 24.3 Å². The molecule has 0 amide bonds. The standard InChI is InChI=1S/C16H24N2/c1-12-10-18(9-8-16(12)17)11-14-4-2-3-5-15(14)13-6-7-13/h2-5,12-13,16H,6-11,17H2,1H3. The topological polar surface area (TPSA) is 29.3 Å². The normalized spacial score (nSPS) is 29.4. The minimum absolute atomic E-state index is 0.403. The van der Waals surface area contributed by atoms with Crippen LogP contribution in [0.5, 0.6) is 0 Å². The highest BCUT2D eigenvalue weighted by Gasteiger charge is 2.27. The Morgan fingerprint density at radius 3 is 2.72 bits per heavy atom. The van der Waals surface area contributed by atoms with Crippen LogP contribution in [0.2, 0.25) is 0 Å². The predicted octanol–water partition coefficient (Wildman–Crippen LogP) is 2.73. The zero-order valence-corrected chi connectivity index (χ0v) is 11.3. The number of hydrogen-bond acceptors (Lipinski definition) is 2. The highest BCUT2D eigenvalue weighted by molar-refractivity contribution is 5.33. The molecule has 3 rings (SSSR count). The second kappa shape index (κ2) is 5.02. The largest absolute Gasteiger partial charge is 0.327 e. The fourth-order valence-corrected chi connectivity index (χ4v) is 3.11. The van der Waals surface area contributed by atoms with Gasteiger partial charge in [-0.3, -0.25) is 4.90 Å². The van der Waals surface area contributed by atoms with E-state index in [0.717, 1.165) is 32.0 Å². The maximum Gasteiger partial charge on any atom is 0.0236 e. The van der Waals surface area contributed by atoms with E-state index in [9.17, 15) is 0 Å². The zero-order valence-electron chi connectivity index (χ0n) is 11.3. The molecule has 1 saturated carbocycles. The molecule has 2 unspecified atom stereocenters. The molecule has 1 heterocycles.